The summed E-state index contributed by atoms with van der Waals surface area (Å²) >= 11 is 0. The highest BCUT2D eigenvalue weighted by Crippen LogP contribution is 2.33. The number of benzene rings is 2. The van der Waals surface area contributed by atoms with E-state index in [9.17, 15) is 5.26 Å². The molecule has 0 spiro atoms. The van der Waals surface area contributed by atoms with Crippen LogP contribution in [0.1, 0.15) is 60.5 Å². The van der Waals surface area contributed by atoms with Crippen LogP contribution in [0, 0.1) is 11.3 Å². The largest absolute Gasteiger partial charge is 0.471 e. The number of anilines is 1. The lowest BCUT2D eigenvalue weighted by atomic mass is 9.98. The van der Waals surface area contributed by atoms with E-state index in [0.29, 0.717) is 24.5 Å². The number of hydrogen-bond acceptors (Lipinski definition) is 5. The van der Waals surface area contributed by atoms with E-state index in [1.54, 1.807) is 6.20 Å². The van der Waals surface area contributed by atoms with Crippen molar-refractivity contribution in [3.05, 3.63) is 54.2 Å². The highest BCUT2D eigenvalue weighted by Gasteiger charge is 2.25. The molecule has 0 aliphatic carbocycles. The van der Waals surface area contributed by atoms with Gasteiger partial charge in [-0.25, -0.2) is 4.98 Å². The fourth-order valence-corrected chi connectivity index (χ4v) is 3.97. The van der Waals surface area contributed by atoms with Crippen molar-refractivity contribution in [2.75, 3.05) is 24.6 Å². The number of fused-ring (bicyclic) bond motifs is 1. The molecule has 3 rings (SSSR count). The molecule has 180 valence electrons. The summed E-state index contributed by atoms with van der Waals surface area (Å²) in [7, 11) is 0. The molecule has 2 aromatic carbocycles. The highest BCUT2D eigenvalue weighted by molar-refractivity contribution is 5.90. The van der Waals surface area contributed by atoms with Crippen LogP contribution in [0.4, 0.5) is 5.69 Å². The Kier molecular flexibility index (Phi) is 7.84. The maximum absolute atomic E-state index is 10.0. The van der Waals surface area contributed by atoms with Gasteiger partial charge in [0, 0.05) is 37.0 Å². The van der Waals surface area contributed by atoms with Crippen LogP contribution in [0.15, 0.2) is 48.7 Å². The molecular weight excluding hydrogens is 422 g/mol. The molecule has 3 aromatic rings. The second kappa shape index (κ2) is 10.4. The Bertz CT molecular complexity index is 1170. The summed E-state index contributed by atoms with van der Waals surface area (Å²) in [5.74, 6) is 0.359. The van der Waals surface area contributed by atoms with Gasteiger partial charge in [0.25, 0.3) is 0 Å². The highest BCUT2D eigenvalue weighted by atomic mass is 16.5. The molecule has 0 amide bonds. The van der Waals surface area contributed by atoms with Crippen LogP contribution in [0.3, 0.4) is 0 Å². The molecule has 5 nitrogen and oxygen atoms in total. The Balaban J connectivity index is 1.89. The van der Waals surface area contributed by atoms with Gasteiger partial charge < -0.3 is 14.4 Å². The summed E-state index contributed by atoms with van der Waals surface area (Å²) in [6.07, 6.45) is 2.40. The lowest BCUT2D eigenvalue weighted by Crippen LogP contribution is -2.32. The third-order valence-corrected chi connectivity index (χ3v) is 5.90. The minimum Gasteiger partial charge on any atom is -0.471 e. The molecule has 0 aliphatic rings. The normalized spacial score (nSPS) is 11.9. The zero-order valence-electron chi connectivity index (χ0n) is 21.6. The van der Waals surface area contributed by atoms with E-state index in [1.807, 2.05) is 40.7 Å². The number of ether oxygens (including phenoxy) is 2. The van der Waals surface area contributed by atoms with Gasteiger partial charge in [-0.3, -0.25) is 0 Å². The number of rotatable bonds is 9. The zero-order valence-corrected chi connectivity index (χ0v) is 21.6. The number of aromatic nitrogens is 1. The maximum atomic E-state index is 10.0. The van der Waals surface area contributed by atoms with Gasteiger partial charge in [-0.05, 0) is 89.1 Å². The molecule has 1 heterocycles. The first-order chi connectivity index (χ1) is 16.1. The van der Waals surface area contributed by atoms with Crippen LogP contribution >= 0.6 is 0 Å². The second-order valence-corrected chi connectivity index (χ2v) is 10.1. The van der Waals surface area contributed by atoms with Crippen molar-refractivity contribution < 1.29 is 9.47 Å². The average Bonchev–Trinajstić information content (AvgIpc) is 2.78. The molecule has 0 unspecified atom stereocenters. The van der Waals surface area contributed by atoms with E-state index < -0.39 is 5.60 Å². The lowest BCUT2D eigenvalue weighted by Gasteiger charge is -2.28. The van der Waals surface area contributed by atoms with E-state index in [-0.39, 0.29) is 5.60 Å². The van der Waals surface area contributed by atoms with Crippen LogP contribution in [-0.2, 0) is 4.74 Å². The number of pyridine rings is 1. The first-order valence-corrected chi connectivity index (χ1v) is 12.1. The molecular formula is C29H37N3O2. The summed E-state index contributed by atoms with van der Waals surface area (Å²) in [4.78, 5) is 6.73. The fourth-order valence-electron chi connectivity index (χ4n) is 3.97. The topological polar surface area (TPSA) is 58.4 Å². The van der Waals surface area contributed by atoms with Gasteiger partial charge in [-0.2, -0.15) is 5.26 Å². The fraction of sp³-hybridized carbons (Fsp3) is 0.448. The van der Waals surface area contributed by atoms with Crippen LogP contribution in [-0.4, -0.2) is 35.9 Å². The summed E-state index contributed by atoms with van der Waals surface area (Å²) < 4.78 is 12.1. The Morgan fingerprint density at radius 1 is 0.941 bits per heavy atom. The Labute approximate surface area is 204 Å². The van der Waals surface area contributed by atoms with Gasteiger partial charge in [-0.15, -0.1) is 0 Å². The maximum Gasteiger partial charge on any atom is 0.232 e. The van der Waals surface area contributed by atoms with Gasteiger partial charge in [0.05, 0.1) is 12.2 Å². The number of nitrogens with zero attached hydrogens (tertiary/aromatic N) is 3. The third kappa shape index (κ3) is 6.27. The smallest absolute Gasteiger partial charge is 0.232 e. The molecule has 0 N–H and O–H groups in total. The molecule has 0 aliphatic heterocycles. The van der Waals surface area contributed by atoms with Gasteiger partial charge in [0.15, 0.2) is 0 Å². The minimum absolute atomic E-state index is 0.200. The lowest BCUT2D eigenvalue weighted by molar-refractivity contribution is -0.0300. The van der Waals surface area contributed by atoms with Crippen LogP contribution < -0.4 is 9.64 Å². The van der Waals surface area contributed by atoms with E-state index in [1.165, 1.54) is 11.1 Å². The quantitative estimate of drug-likeness (QED) is 0.345. The van der Waals surface area contributed by atoms with Crippen molar-refractivity contribution in [2.24, 2.45) is 0 Å². The average molecular weight is 460 g/mol. The molecule has 0 bridgehead atoms. The predicted molar refractivity (Wildman–Crippen MR) is 140 cm³/mol. The molecule has 5 heteroatoms. The second-order valence-electron chi connectivity index (χ2n) is 10.1. The SMILES string of the molecule is CCN(CC)c1ccc2cc(-c3ccnc(OC(C)(C)CCOC(C)(C)C)c3C#N)ccc2c1. The standard InChI is InChI=1S/C29H37N3O2/c1-8-32(9-2)24-13-12-21-18-23(11-10-22(21)19-24)25-14-16-31-27(26(25)20-30)34-29(6,7)15-17-33-28(3,4)5/h10-14,16,18-19H,8-9,15,17H2,1-7H3. The van der Waals surface area contributed by atoms with E-state index >= 15 is 0 Å². The third-order valence-electron chi connectivity index (χ3n) is 5.90. The Morgan fingerprint density at radius 2 is 1.62 bits per heavy atom. The first-order valence-electron chi connectivity index (χ1n) is 12.1. The summed E-state index contributed by atoms with van der Waals surface area (Å²) in [6, 6.07) is 17.1. The van der Waals surface area contributed by atoms with Gasteiger partial charge >= 0.3 is 0 Å². The number of nitriles is 1. The van der Waals surface area contributed by atoms with Gasteiger partial charge in [-0.1, -0.05) is 18.2 Å². The number of hydrogen-bond donors (Lipinski definition) is 0. The first kappa shape index (κ1) is 25.5. The van der Waals surface area contributed by atoms with Gasteiger partial charge in [0.1, 0.15) is 17.2 Å². The molecule has 0 fully saturated rings. The zero-order chi connectivity index (χ0) is 24.9. The van der Waals surface area contributed by atoms with Crippen molar-refractivity contribution in [3.63, 3.8) is 0 Å². The van der Waals surface area contributed by atoms with Crippen molar-refractivity contribution in [2.45, 2.75) is 66.1 Å². The molecule has 0 saturated carbocycles. The molecule has 1 aromatic heterocycles. The van der Waals surface area contributed by atoms with E-state index in [4.69, 9.17) is 9.47 Å². The summed E-state index contributed by atoms with van der Waals surface area (Å²) in [6.45, 7) is 17.0. The van der Waals surface area contributed by atoms with Crippen molar-refractivity contribution in [1.29, 1.82) is 5.26 Å². The minimum atomic E-state index is -0.521. The van der Waals surface area contributed by atoms with Crippen molar-refractivity contribution in [3.8, 4) is 23.1 Å². The summed E-state index contributed by atoms with van der Waals surface area (Å²) in [5.41, 5.74) is 2.75. The molecule has 0 atom stereocenters. The van der Waals surface area contributed by atoms with Crippen LogP contribution in [0.2, 0.25) is 0 Å². The molecule has 0 saturated heterocycles. The predicted octanol–water partition coefficient (Wildman–Crippen LogP) is 6.98. The Morgan fingerprint density at radius 3 is 2.26 bits per heavy atom. The molecule has 0 radical (unpaired) electrons. The monoisotopic (exact) mass is 459 g/mol. The van der Waals surface area contributed by atoms with Crippen LogP contribution in [0.5, 0.6) is 5.88 Å². The van der Waals surface area contributed by atoms with E-state index in [2.05, 4.69) is 66.2 Å². The van der Waals surface area contributed by atoms with Gasteiger partial charge in [0.2, 0.25) is 5.88 Å². The van der Waals surface area contributed by atoms with Crippen molar-refractivity contribution in [1.82, 2.24) is 4.98 Å². The summed E-state index contributed by atoms with van der Waals surface area (Å²) in [5, 5.41) is 12.3. The van der Waals surface area contributed by atoms with E-state index in [0.717, 1.165) is 29.6 Å². The molecule has 34 heavy (non-hydrogen) atoms. The Hall–Kier alpha value is -3.10. The van der Waals surface area contributed by atoms with Crippen LogP contribution in [0.25, 0.3) is 21.9 Å². The van der Waals surface area contributed by atoms with Crippen molar-refractivity contribution >= 4 is 16.5 Å².